The van der Waals surface area contributed by atoms with Gasteiger partial charge in [0, 0.05) is 19.6 Å². The van der Waals surface area contributed by atoms with Gasteiger partial charge in [-0.05, 0) is 52.3 Å². The van der Waals surface area contributed by atoms with Gasteiger partial charge in [-0.3, -0.25) is 4.98 Å². The molecule has 3 heterocycles. The molecule has 31 heavy (non-hydrogen) atoms. The number of hydrogen-bond acceptors (Lipinski definition) is 9. The lowest BCUT2D eigenvalue weighted by Crippen LogP contribution is -2.38. The first-order valence-electron chi connectivity index (χ1n) is 10.3. The molecule has 0 radical (unpaired) electrons. The summed E-state index contributed by atoms with van der Waals surface area (Å²) < 4.78 is 30.5. The van der Waals surface area contributed by atoms with Gasteiger partial charge >= 0.3 is 6.01 Å². The van der Waals surface area contributed by atoms with Crippen molar-refractivity contribution in [1.82, 2.24) is 25.5 Å². The summed E-state index contributed by atoms with van der Waals surface area (Å²) >= 11 is 0. The minimum absolute atomic E-state index is 0. The Morgan fingerprint density at radius 1 is 1.23 bits per heavy atom. The Bertz CT molecular complexity index is 1160. The van der Waals surface area contributed by atoms with E-state index in [-0.39, 0.29) is 18.3 Å². The molecule has 1 aliphatic heterocycles. The van der Waals surface area contributed by atoms with E-state index in [1.165, 1.54) is 0 Å². The van der Waals surface area contributed by atoms with Gasteiger partial charge in [0.25, 0.3) is 5.89 Å². The third-order valence-corrected chi connectivity index (χ3v) is 7.48. The largest absolute Gasteiger partial charge is 0.402 e. The fraction of sp³-hybridized carbons (Fsp3) is 0.429. The third-order valence-electron chi connectivity index (χ3n) is 5.31. The smallest absolute Gasteiger partial charge is 0.316 e. The Morgan fingerprint density at radius 3 is 2.68 bits per heavy atom. The van der Waals surface area contributed by atoms with Crippen molar-refractivity contribution in [3.05, 3.63) is 36.2 Å². The quantitative estimate of drug-likeness (QED) is 0.590. The maximum absolute atomic E-state index is 12.3. The van der Waals surface area contributed by atoms with Crippen LogP contribution in [0, 0.1) is 6.92 Å². The van der Waals surface area contributed by atoms with E-state index in [4.69, 9.17) is 4.42 Å². The highest BCUT2D eigenvalue weighted by Crippen LogP contribution is 2.26. The van der Waals surface area contributed by atoms with Gasteiger partial charge in [0.1, 0.15) is 5.69 Å². The number of anilines is 1. The van der Waals surface area contributed by atoms with Crippen molar-refractivity contribution in [2.24, 2.45) is 0 Å². The average Bonchev–Trinajstić information content (AvgIpc) is 3.23. The summed E-state index contributed by atoms with van der Waals surface area (Å²) in [6, 6.07) is 7.27. The van der Waals surface area contributed by atoms with E-state index in [0.29, 0.717) is 23.1 Å². The molecule has 0 aliphatic carbocycles. The Morgan fingerprint density at radius 2 is 2.00 bits per heavy atom. The number of piperidine rings is 1. The summed E-state index contributed by atoms with van der Waals surface area (Å²) in [4.78, 5) is 9.36. The molecule has 2 aromatic heterocycles. The van der Waals surface area contributed by atoms with Crippen LogP contribution in [0.15, 0.2) is 39.8 Å². The van der Waals surface area contributed by atoms with E-state index < -0.39 is 15.1 Å². The zero-order valence-corrected chi connectivity index (χ0v) is 18.6. The van der Waals surface area contributed by atoms with E-state index in [9.17, 15) is 8.42 Å². The first-order valence-corrected chi connectivity index (χ1v) is 11.9. The van der Waals surface area contributed by atoms with E-state index >= 15 is 0 Å². The second-order valence-corrected chi connectivity index (χ2v) is 10.4. The predicted molar refractivity (Wildman–Crippen MR) is 119 cm³/mol. The second kappa shape index (κ2) is 8.72. The second-order valence-electron chi connectivity index (χ2n) is 7.91. The van der Waals surface area contributed by atoms with Crippen LogP contribution >= 0.6 is 0 Å². The van der Waals surface area contributed by atoms with Crippen LogP contribution in [0.4, 0.5) is 6.01 Å². The van der Waals surface area contributed by atoms with Crippen LogP contribution in [0.5, 0.6) is 0 Å². The van der Waals surface area contributed by atoms with Gasteiger partial charge in [-0.15, -0.1) is 5.10 Å². The molecule has 9 nitrogen and oxygen atoms in total. The lowest BCUT2D eigenvalue weighted by molar-refractivity contribution is 0.464. The molecule has 166 valence electrons. The van der Waals surface area contributed by atoms with Crippen molar-refractivity contribution < 1.29 is 14.3 Å². The first-order chi connectivity index (χ1) is 14.8. The Labute approximate surface area is 183 Å². The molecule has 1 unspecified atom stereocenters. The zero-order valence-electron chi connectivity index (χ0n) is 17.8. The Balaban J connectivity index is 0.00000289. The van der Waals surface area contributed by atoms with Crippen molar-refractivity contribution >= 4 is 15.9 Å². The number of aryl methyl sites for hydroxylation is 1. The average molecular weight is 445 g/mol. The summed E-state index contributed by atoms with van der Waals surface area (Å²) in [5.41, 5.74) is 2.51. The van der Waals surface area contributed by atoms with Crippen molar-refractivity contribution in [3.8, 4) is 22.8 Å². The monoisotopic (exact) mass is 444 g/mol. The van der Waals surface area contributed by atoms with Gasteiger partial charge in [-0.1, -0.05) is 17.2 Å². The van der Waals surface area contributed by atoms with E-state index in [1.807, 2.05) is 6.92 Å². The maximum Gasteiger partial charge on any atom is 0.316 e. The van der Waals surface area contributed by atoms with Crippen molar-refractivity contribution in [1.29, 1.82) is 0 Å². The van der Waals surface area contributed by atoms with Crippen molar-refractivity contribution in [2.45, 2.75) is 49.8 Å². The number of nitrogens with zero attached hydrogens (tertiary/aromatic N) is 4. The molecule has 2 N–H and O–H groups in total. The third kappa shape index (κ3) is 4.59. The molecule has 1 fully saturated rings. The summed E-state index contributed by atoms with van der Waals surface area (Å²) in [5.74, 6) is 0.289. The molecule has 10 heteroatoms. The minimum Gasteiger partial charge on any atom is -0.402 e. The van der Waals surface area contributed by atoms with Crippen LogP contribution < -0.4 is 10.6 Å². The highest BCUT2D eigenvalue weighted by atomic mass is 32.2. The molecule has 0 saturated carbocycles. The van der Waals surface area contributed by atoms with Gasteiger partial charge in [-0.25, -0.2) is 13.4 Å². The molecule has 0 spiro atoms. The standard InChI is InChI=1S/C21H26N6O3S.H2/c1-13(2)31(28,29)17-8-6-15(7-9-17)18-12-23-14(3)19(25-18)20-26-27-21(30-20)24-16-5-4-10-22-11-16;/h6-9,12-13,16,22H,4-5,10-11H2,1-3H3,(H,24,27);1H. The van der Waals surface area contributed by atoms with E-state index in [2.05, 4.69) is 30.8 Å². The van der Waals surface area contributed by atoms with Gasteiger partial charge in [-0.2, -0.15) is 0 Å². The van der Waals surface area contributed by atoms with Gasteiger partial charge in [0.05, 0.1) is 27.7 Å². The minimum atomic E-state index is -3.32. The SMILES string of the molecule is Cc1ncc(-c2ccc(S(=O)(=O)C(C)C)cc2)nc1-c1nnc(NC2CCCNC2)o1.[HH]. The molecule has 1 atom stereocenters. The lowest BCUT2D eigenvalue weighted by atomic mass is 10.1. The fourth-order valence-corrected chi connectivity index (χ4v) is 4.47. The number of rotatable bonds is 6. The number of nitrogens with one attached hydrogen (secondary N) is 2. The van der Waals surface area contributed by atoms with Crippen molar-refractivity contribution in [2.75, 3.05) is 18.4 Å². The first kappa shape index (κ1) is 21.4. The molecule has 0 bridgehead atoms. The van der Waals surface area contributed by atoms with Crippen LogP contribution in [-0.2, 0) is 9.84 Å². The summed E-state index contributed by atoms with van der Waals surface area (Å²) in [7, 11) is -3.32. The van der Waals surface area contributed by atoms with Crippen LogP contribution in [0.2, 0.25) is 0 Å². The molecule has 3 aromatic rings. The maximum atomic E-state index is 12.3. The highest BCUT2D eigenvalue weighted by Gasteiger charge is 2.20. The molecular weight excluding hydrogens is 416 g/mol. The van der Waals surface area contributed by atoms with Crippen molar-refractivity contribution in [3.63, 3.8) is 0 Å². The number of hydrogen-bond donors (Lipinski definition) is 2. The number of sulfone groups is 1. The normalized spacial score (nSPS) is 17.1. The molecule has 0 amide bonds. The van der Waals surface area contributed by atoms with Gasteiger partial charge in [0.15, 0.2) is 9.84 Å². The predicted octanol–water partition coefficient (Wildman–Crippen LogP) is 3.09. The molecule has 4 rings (SSSR count). The molecule has 1 aliphatic rings. The highest BCUT2D eigenvalue weighted by molar-refractivity contribution is 7.92. The summed E-state index contributed by atoms with van der Waals surface area (Å²) in [6.07, 6.45) is 3.79. The van der Waals surface area contributed by atoms with Crippen LogP contribution in [0.3, 0.4) is 0 Å². The Kier molecular flexibility index (Phi) is 6.01. The molecule has 1 saturated heterocycles. The zero-order chi connectivity index (χ0) is 22.0. The molecular formula is C21H28N6O3S. The number of aromatic nitrogens is 4. The van der Waals surface area contributed by atoms with Crippen LogP contribution in [0.25, 0.3) is 22.8 Å². The van der Waals surface area contributed by atoms with E-state index in [0.717, 1.165) is 31.5 Å². The Hall–Kier alpha value is -2.85. The topological polar surface area (TPSA) is 123 Å². The molecule has 1 aromatic carbocycles. The lowest BCUT2D eigenvalue weighted by Gasteiger charge is -2.22. The van der Waals surface area contributed by atoms with E-state index in [1.54, 1.807) is 44.3 Å². The van der Waals surface area contributed by atoms with Crippen LogP contribution in [-0.4, -0.2) is 53.0 Å². The van der Waals surface area contributed by atoms with Crippen LogP contribution in [0.1, 0.15) is 33.8 Å². The summed E-state index contributed by atoms with van der Waals surface area (Å²) in [5, 5.41) is 14.3. The number of benzene rings is 1. The van der Waals surface area contributed by atoms with Gasteiger partial charge < -0.3 is 15.1 Å². The van der Waals surface area contributed by atoms with Gasteiger partial charge in [0.2, 0.25) is 0 Å². The fourth-order valence-electron chi connectivity index (χ4n) is 3.41. The summed E-state index contributed by atoms with van der Waals surface area (Å²) in [6.45, 7) is 7.04.